The van der Waals surface area contributed by atoms with Crippen molar-refractivity contribution in [1.29, 1.82) is 0 Å². The first-order chi connectivity index (χ1) is 7.90. The summed E-state index contributed by atoms with van der Waals surface area (Å²) < 4.78 is 44.4. The molecule has 1 aromatic carbocycles. The van der Waals surface area contributed by atoms with Gasteiger partial charge in [0.25, 0.3) is 0 Å². The summed E-state index contributed by atoms with van der Waals surface area (Å²) in [6.45, 7) is 0.575. The van der Waals surface area contributed by atoms with Crippen molar-refractivity contribution in [3.05, 3.63) is 35.1 Å². The van der Waals surface area contributed by atoms with Crippen LogP contribution in [-0.4, -0.2) is 18.6 Å². The summed E-state index contributed by atoms with van der Waals surface area (Å²) in [5, 5.41) is 2.01. The number of benzene rings is 1. The third kappa shape index (κ3) is 2.20. The number of carbonyl (C=O) groups excluding carboxylic acids is 1. The van der Waals surface area contributed by atoms with Crippen molar-refractivity contribution < 1.29 is 22.7 Å². The molecule has 1 aliphatic rings. The van der Waals surface area contributed by atoms with Crippen LogP contribution in [0.15, 0.2) is 18.2 Å². The molecule has 92 valence electrons. The summed E-state index contributed by atoms with van der Waals surface area (Å²) in [4.78, 5) is 11.0. The minimum atomic E-state index is -3.26. The van der Waals surface area contributed by atoms with E-state index < -0.39 is 30.5 Å². The summed E-state index contributed by atoms with van der Waals surface area (Å²) in [7, 11) is 0. The Morgan fingerprint density at radius 2 is 2.18 bits per heavy atom. The van der Waals surface area contributed by atoms with E-state index in [-0.39, 0.29) is 5.56 Å². The zero-order chi connectivity index (χ0) is 12.6. The molecule has 3 nitrogen and oxygen atoms in total. The quantitative estimate of drug-likeness (QED) is 0.825. The predicted octanol–water partition coefficient (Wildman–Crippen LogP) is 2.55. The Hall–Kier alpha value is -1.72. The lowest BCUT2D eigenvalue weighted by Gasteiger charge is -2.32. The van der Waals surface area contributed by atoms with E-state index in [0.717, 1.165) is 6.07 Å². The van der Waals surface area contributed by atoms with Crippen molar-refractivity contribution in [2.45, 2.75) is 18.9 Å². The molecule has 1 amide bonds. The standard InChI is InChI=1S/C11H10F3NO2/c1-6-2-3-7(12)4-8(6)9-11(13,14)5-17-10(16)15-9/h2-4,9H,5H2,1H3,(H,15,16)/t9-/m1/s1. The lowest BCUT2D eigenvalue weighted by atomic mass is 9.96. The summed E-state index contributed by atoms with van der Waals surface area (Å²) in [5.74, 6) is -3.88. The molecule has 1 fully saturated rings. The molecule has 0 spiro atoms. The second kappa shape index (κ2) is 3.94. The van der Waals surface area contributed by atoms with E-state index in [0.29, 0.717) is 5.56 Å². The molecule has 1 N–H and O–H groups in total. The van der Waals surface area contributed by atoms with Gasteiger partial charge in [-0.05, 0) is 30.2 Å². The molecule has 17 heavy (non-hydrogen) atoms. The van der Waals surface area contributed by atoms with Gasteiger partial charge in [-0.3, -0.25) is 0 Å². The smallest absolute Gasteiger partial charge is 0.408 e. The van der Waals surface area contributed by atoms with Gasteiger partial charge >= 0.3 is 12.0 Å². The van der Waals surface area contributed by atoms with Crippen molar-refractivity contribution in [2.24, 2.45) is 0 Å². The fourth-order valence-electron chi connectivity index (χ4n) is 1.74. The zero-order valence-corrected chi connectivity index (χ0v) is 8.97. The third-order valence-electron chi connectivity index (χ3n) is 2.63. The van der Waals surface area contributed by atoms with Crippen LogP contribution in [0, 0.1) is 12.7 Å². The molecule has 0 aromatic heterocycles. The Balaban J connectivity index is 2.42. The van der Waals surface area contributed by atoms with Gasteiger partial charge in [-0.15, -0.1) is 0 Å². The first-order valence-electron chi connectivity index (χ1n) is 4.97. The second-order valence-electron chi connectivity index (χ2n) is 3.92. The molecular weight excluding hydrogens is 235 g/mol. The Bertz CT molecular complexity index is 462. The molecule has 2 rings (SSSR count). The average molecular weight is 245 g/mol. The first-order valence-corrected chi connectivity index (χ1v) is 4.97. The molecule has 0 saturated carbocycles. The topological polar surface area (TPSA) is 38.3 Å². The summed E-state index contributed by atoms with van der Waals surface area (Å²) >= 11 is 0. The van der Waals surface area contributed by atoms with E-state index in [1.165, 1.54) is 12.1 Å². The predicted molar refractivity (Wildman–Crippen MR) is 53.3 cm³/mol. The number of cyclic esters (lactones) is 1. The van der Waals surface area contributed by atoms with E-state index in [9.17, 15) is 18.0 Å². The largest absolute Gasteiger partial charge is 0.443 e. The second-order valence-corrected chi connectivity index (χ2v) is 3.92. The lowest BCUT2D eigenvalue weighted by molar-refractivity contribution is -0.104. The zero-order valence-electron chi connectivity index (χ0n) is 8.97. The molecule has 0 bridgehead atoms. The van der Waals surface area contributed by atoms with Gasteiger partial charge < -0.3 is 10.1 Å². The molecule has 1 aromatic rings. The van der Waals surface area contributed by atoms with Crippen molar-refractivity contribution in [3.8, 4) is 0 Å². The van der Waals surface area contributed by atoms with Crippen LogP contribution in [0.1, 0.15) is 17.2 Å². The minimum Gasteiger partial charge on any atom is -0.443 e. The number of carbonyl (C=O) groups is 1. The summed E-state index contributed by atoms with van der Waals surface area (Å²) in [6, 6.07) is 2.01. The highest BCUT2D eigenvalue weighted by molar-refractivity contribution is 5.69. The Morgan fingerprint density at radius 1 is 1.47 bits per heavy atom. The Kier molecular flexibility index (Phi) is 2.73. The SMILES string of the molecule is Cc1ccc(F)cc1[C@H]1NC(=O)OCC1(F)F. The molecule has 0 aliphatic carbocycles. The number of halogens is 3. The minimum absolute atomic E-state index is 0.0617. The van der Waals surface area contributed by atoms with Gasteiger partial charge in [-0.1, -0.05) is 6.07 Å². The van der Waals surface area contributed by atoms with Crippen LogP contribution < -0.4 is 5.32 Å². The number of ether oxygens (including phenoxy) is 1. The highest BCUT2D eigenvalue weighted by Crippen LogP contribution is 2.35. The summed E-state index contributed by atoms with van der Waals surface area (Å²) in [6.07, 6.45) is -0.926. The van der Waals surface area contributed by atoms with Gasteiger partial charge in [0.2, 0.25) is 0 Å². The fourth-order valence-corrected chi connectivity index (χ4v) is 1.74. The number of aryl methyl sites for hydroxylation is 1. The number of amides is 1. The van der Waals surface area contributed by atoms with Crippen LogP contribution in [0.4, 0.5) is 18.0 Å². The van der Waals surface area contributed by atoms with Gasteiger partial charge in [0.05, 0.1) is 0 Å². The van der Waals surface area contributed by atoms with Crippen LogP contribution >= 0.6 is 0 Å². The van der Waals surface area contributed by atoms with Crippen LogP contribution in [0.25, 0.3) is 0 Å². The molecule has 1 saturated heterocycles. The lowest BCUT2D eigenvalue weighted by Crippen LogP contribution is -2.49. The van der Waals surface area contributed by atoms with Gasteiger partial charge in [-0.2, -0.15) is 0 Å². The van der Waals surface area contributed by atoms with Crippen LogP contribution in [0.2, 0.25) is 0 Å². The maximum Gasteiger partial charge on any atom is 0.408 e. The van der Waals surface area contributed by atoms with E-state index in [4.69, 9.17) is 0 Å². The van der Waals surface area contributed by atoms with E-state index in [1.807, 2.05) is 5.32 Å². The average Bonchev–Trinajstić information content (AvgIpc) is 2.26. The van der Waals surface area contributed by atoms with Crippen molar-refractivity contribution >= 4 is 6.09 Å². The van der Waals surface area contributed by atoms with Crippen LogP contribution in [-0.2, 0) is 4.74 Å². The molecule has 1 atom stereocenters. The van der Waals surface area contributed by atoms with E-state index >= 15 is 0 Å². The Morgan fingerprint density at radius 3 is 2.88 bits per heavy atom. The fraction of sp³-hybridized carbons (Fsp3) is 0.364. The van der Waals surface area contributed by atoms with E-state index in [1.54, 1.807) is 6.92 Å². The van der Waals surface area contributed by atoms with Crippen molar-refractivity contribution in [2.75, 3.05) is 6.61 Å². The first kappa shape index (κ1) is 11.8. The normalized spacial score (nSPS) is 22.8. The van der Waals surface area contributed by atoms with Crippen molar-refractivity contribution in [1.82, 2.24) is 5.32 Å². The number of hydrogen-bond acceptors (Lipinski definition) is 2. The van der Waals surface area contributed by atoms with E-state index in [2.05, 4.69) is 4.74 Å². The number of alkyl carbamates (subject to hydrolysis) is 1. The van der Waals surface area contributed by atoms with Gasteiger partial charge in [0.15, 0.2) is 6.61 Å². The third-order valence-corrected chi connectivity index (χ3v) is 2.63. The summed E-state index contributed by atoms with van der Waals surface area (Å²) in [5.41, 5.74) is 0.546. The molecule has 0 unspecified atom stereocenters. The van der Waals surface area contributed by atoms with Gasteiger partial charge in [-0.25, -0.2) is 18.0 Å². The highest BCUT2D eigenvalue weighted by Gasteiger charge is 2.47. The number of rotatable bonds is 1. The van der Waals surface area contributed by atoms with Crippen molar-refractivity contribution in [3.63, 3.8) is 0 Å². The number of nitrogens with one attached hydrogen (secondary N) is 1. The molecule has 6 heteroatoms. The molecule has 0 radical (unpaired) electrons. The maximum absolute atomic E-state index is 13.6. The number of hydrogen-bond donors (Lipinski definition) is 1. The van der Waals surface area contributed by atoms with Crippen LogP contribution in [0.3, 0.4) is 0 Å². The number of alkyl halides is 2. The molecule has 1 heterocycles. The van der Waals surface area contributed by atoms with Gasteiger partial charge in [0, 0.05) is 0 Å². The monoisotopic (exact) mass is 245 g/mol. The maximum atomic E-state index is 13.6. The molecular formula is C11H10F3NO2. The van der Waals surface area contributed by atoms with Gasteiger partial charge in [0.1, 0.15) is 11.9 Å². The molecule has 1 aliphatic heterocycles. The van der Waals surface area contributed by atoms with Crippen LogP contribution in [0.5, 0.6) is 0 Å². The Labute approximate surface area is 95.6 Å². The highest BCUT2D eigenvalue weighted by atomic mass is 19.3.